The van der Waals surface area contributed by atoms with Gasteiger partial charge in [0.05, 0.1) is 31.8 Å². The quantitative estimate of drug-likeness (QED) is 0.0366. The topological polar surface area (TPSA) is 391 Å². The van der Waals surface area contributed by atoms with E-state index >= 15 is 0 Å². The third-order valence-corrected chi connectivity index (χ3v) is 10.5. The number of nitrogens with two attached hydrogens (primary N) is 2. The minimum atomic E-state index is -1.75. The Morgan fingerprint density at radius 1 is 0.714 bits per heavy atom. The summed E-state index contributed by atoms with van der Waals surface area (Å²) in [5.41, 5.74) is 11.1. The number of nitrogens with zero attached hydrogens (tertiary/aromatic N) is 1. The molecule has 358 valence electrons. The number of primary amides is 1. The number of carbonyl (C=O) groups is 10. The Morgan fingerprint density at radius 3 is 1.78 bits per heavy atom. The predicted octanol–water partition coefficient (Wildman–Crippen LogP) is -5.50. The van der Waals surface area contributed by atoms with Crippen LogP contribution in [0, 0.1) is 11.8 Å². The zero-order valence-corrected chi connectivity index (χ0v) is 37.5. The molecule has 0 bridgehead atoms. The van der Waals surface area contributed by atoms with E-state index in [4.69, 9.17) is 11.5 Å². The number of hydrogen-bond donors (Lipinski definition) is 13. The molecule has 0 aliphatic carbocycles. The molecule has 15 N–H and O–H groups in total. The molecule has 0 aromatic heterocycles. The van der Waals surface area contributed by atoms with E-state index in [1.807, 2.05) is 0 Å². The van der Waals surface area contributed by atoms with Gasteiger partial charge in [0.25, 0.3) is 0 Å². The molecule has 1 fully saturated rings. The Kier molecular flexibility index (Phi) is 24.1. The van der Waals surface area contributed by atoms with Gasteiger partial charge in [-0.25, -0.2) is 0 Å². The summed E-state index contributed by atoms with van der Waals surface area (Å²) in [5.74, 6) is -10.3. The van der Waals surface area contributed by atoms with Crippen molar-refractivity contribution in [2.45, 2.75) is 134 Å². The minimum Gasteiger partial charge on any atom is -0.481 e. The van der Waals surface area contributed by atoms with Gasteiger partial charge in [-0.05, 0) is 63.4 Å². The van der Waals surface area contributed by atoms with Gasteiger partial charge in [-0.3, -0.25) is 47.9 Å². The molecule has 10 atom stereocenters. The highest BCUT2D eigenvalue weighted by Crippen LogP contribution is 2.18. The smallest absolute Gasteiger partial charge is 0.305 e. The number of likely N-dealkylation sites (tertiary alicyclic amines) is 1. The molecule has 0 saturated carbocycles. The lowest BCUT2D eigenvalue weighted by Gasteiger charge is -2.29. The molecule has 63 heavy (non-hydrogen) atoms. The maximum Gasteiger partial charge on any atom is 0.305 e. The van der Waals surface area contributed by atoms with Gasteiger partial charge in [-0.1, -0.05) is 27.7 Å². The molecule has 0 spiro atoms. The molecule has 0 aromatic carbocycles. The molecule has 1 saturated heterocycles. The average molecular weight is 919 g/mol. The second-order valence-electron chi connectivity index (χ2n) is 16.0. The Bertz CT molecular complexity index is 1630. The number of carboxylic acids is 1. The third-order valence-electron chi connectivity index (χ3n) is 9.83. The molecule has 1 rings (SSSR count). The summed E-state index contributed by atoms with van der Waals surface area (Å²) in [6.45, 7) is 7.54. The lowest BCUT2D eigenvalue weighted by molar-refractivity contribution is -0.142. The number of aliphatic hydroxyl groups excluding tert-OH is 3. The second-order valence-corrected chi connectivity index (χ2v) is 17.0. The molecular formula is C38H66N10O14S. The molecule has 10 unspecified atom stereocenters. The van der Waals surface area contributed by atoms with Crippen molar-refractivity contribution < 1.29 is 68.4 Å². The molecular weight excluding hydrogens is 853 g/mol. The number of thioether (sulfide) groups is 1. The van der Waals surface area contributed by atoms with E-state index in [9.17, 15) is 68.4 Å². The number of nitrogens with one attached hydrogen (secondary N) is 7. The number of hydrogen-bond acceptors (Lipinski definition) is 15. The Hall–Kier alpha value is -5.11. The summed E-state index contributed by atoms with van der Waals surface area (Å²) in [6, 6.07) is -11.3. The van der Waals surface area contributed by atoms with E-state index in [1.165, 1.54) is 25.6 Å². The van der Waals surface area contributed by atoms with E-state index in [2.05, 4.69) is 37.2 Å². The molecule has 9 amide bonds. The van der Waals surface area contributed by atoms with E-state index in [-0.39, 0.29) is 25.3 Å². The molecule has 25 heteroatoms. The summed E-state index contributed by atoms with van der Waals surface area (Å²) >= 11 is 1.33. The van der Waals surface area contributed by atoms with Gasteiger partial charge >= 0.3 is 5.97 Å². The molecule has 1 heterocycles. The zero-order valence-electron chi connectivity index (χ0n) is 36.7. The van der Waals surface area contributed by atoms with Crippen molar-refractivity contribution >= 4 is 70.9 Å². The lowest BCUT2D eigenvalue weighted by Crippen LogP contribution is -2.62. The van der Waals surface area contributed by atoms with Gasteiger partial charge < -0.3 is 74.0 Å². The first kappa shape index (κ1) is 55.9. The first-order valence-corrected chi connectivity index (χ1v) is 21.9. The van der Waals surface area contributed by atoms with E-state index < -0.39 is 145 Å². The Labute approximate surface area is 369 Å². The first-order chi connectivity index (χ1) is 29.4. The second kappa shape index (κ2) is 27.2. The van der Waals surface area contributed by atoms with Crippen molar-refractivity contribution in [2.24, 2.45) is 23.3 Å². The summed E-state index contributed by atoms with van der Waals surface area (Å²) in [6.07, 6.45) is -1.18. The highest BCUT2D eigenvalue weighted by Gasteiger charge is 2.38. The van der Waals surface area contributed by atoms with Crippen LogP contribution in [0.25, 0.3) is 0 Å². The SMILES string of the molecule is CSCCC(NC(=O)C(N)C(C)O)C(=O)NC(CC(=O)O)C(=O)NC(C(=O)NC(CC(C)C)C(=O)NC(C(=O)NCC(=O)NC(CO)C(=O)N1CCCC1C(N)=O)C(C)O)C(C)C. The van der Waals surface area contributed by atoms with Crippen molar-refractivity contribution in [2.75, 3.05) is 31.7 Å². The highest BCUT2D eigenvalue weighted by molar-refractivity contribution is 7.98. The molecule has 0 aromatic rings. The van der Waals surface area contributed by atoms with Gasteiger partial charge in [0.15, 0.2) is 0 Å². The monoisotopic (exact) mass is 918 g/mol. The van der Waals surface area contributed by atoms with Crippen LogP contribution in [-0.4, -0.2) is 177 Å². The van der Waals surface area contributed by atoms with Gasteiger partial charge in [0.1, 0.15) is 48.3 Å². The third kappa shape index (κ3) is 18.6. The summed E-state index contributed by atoms with van der Waals surface area (Å²) < 4.78 is 0. The number of carboxylic acid groups (broad SMARTS) is 1. The van der Waals surface area contributed by atoms with E-state index in [0.29, 0.717) is 18.6 Å². The van der Waals surface area contributed by atoms with Crippen LogP contribution in [0.1, 0.15) is 73.6 Å². The number of aliphatic carboxylic acids is 1. The van der Waals surface area contributed by atoms with Gasteiger partial charge in [0, 0.05) is 6.54 Å². The fourth-order valence-corrected chi connectivity index (χ4v) is 6.77. The molecule has 0 radical (unpaired) electrons. The zero-order chi connectivity index (χ0) is 48.3. The van der Waals surface area contributed by atoms with Crippen molar-refractivity contribution in [1.29, 1.82) is 0 Å². The van der Waals surface area contributed by atoms with Gasteiger partial charge in [-0.15, -0.1) is 0 Å². The number of rotatable bonds is 27. The van der Waals surface area contributed by atoms with Gasteiger partial charge in [-0.2, -0.15) is 11.8 Å². The molecule has 24 nitrogen and oxygen atoms in total. The number of amides is 9. The summed E-state index contributed by atoms with van der Waals surface area (Å²) in [5, 5.41) is 56.0. The summed E-state index contributed by atoms with van der Waals surface area (Å²) in [7, 11) is 0. The fourth-order valence-electron chi connectivity index (χ4n) is 6.29. The Balaban J connectivity index is 3.14. The largest absolute Gasteiger partial charge is 0.481 e. The normalized spacial score (nSPS) is 18.0. The van der Waals surface area contributed by atoms with Gasteiger partial charge in [0.2, 0.25) is 53.2 Å². The van der Waals surface area contributed by atoms with Crippen molar-refractivity contribution in [3.8, 4) is 0 Å². The maximum atomic E-state index is 13.7. The van der Waals surface area contributed by atoms with E-state index in [0.717, 1.165) is 4.90 Å². The van der Waals surface area contributed by atoms with Crippen LogP contribution in [0.5, 0.6) is 0 Å². The number of carbonyl (C=O) groups excluding carboxylic acids is 9. The Morgan fingerprint density at radius 2 is 1.27 bits per heavy atom. The fraction of sp³-hybridized carbons (Fsp3) is 0.737. The highest BCUT2D eigenvalue weighted by atomic mass is 32.2. The summed E-state index contributed by atoms with van der Waals surface area (Å²) in [4.78, 5) is 130. The molecule has 1 aliphatic heterocycles. The number of aliphatic hydroxyl groups is 3. The van der Waals surface area contributed by atoms with Crippen LogP contribution in [-0.2, 0) is 47.9 Å². The van der Waals surface area contributed by atoms with Crippen LogP contribution in [0.2, 0.25) is 0 Å². The lowest BCUT2D eigenvalue weighted by atomic mass is 9.99. The van der Waals surface area contributed by atoms with E-state index in [1.54, 1.807) is 34.0 Å². The van der Waals surface area contributed by atoms with Crippen LogP contribution in [0.3, 0.4) is 0 Å². The first-order valence-electron chi connectivity index (χ1n) is 20.5. The molecule has 1 aliphatic rings. The van der Waals surface area contributed by atoms with Crippen LogP contribution in [0.4, 0.5) is 0 Å². The maximum absolute atomic E-state index is 13.7. The van der Waals surface area contributed by atoms with Crippen LogP contribution < -0.4 is 48.7 Å². The average Bonchev–Trinajstić information content (AvgIpc) is 3.70. The standard InChI is InChI=1S/C38H66N10O14S/c1-17(2)13-22(33(57)47-30(20(6)51)36(60)41-15-26(52)42-24(16-49)38(62)48-11-8-9-25(48)31(40)55)45-37(61)29(18(3)4)46-34(58)23(14-27(53)54)44-32(56)21(10-12-63-7)43-35(59)28(39)19(5)50/h17-25,28-30,49-51H,8-16,39H2,1-7H3,(H2,40,55)(H,41,60)(H,42,52)(H,43,59)(H,44,56)(H,45,61)(H,46,58)(H,47,57)(H,53,54). The van der Waals surface area contributed by atoms with Crippen molar-refractivity contribution in [3.05, 3.63) is 0 Å². The predicted molar refractivity (Wildman–Crippen MR) is 226 cm³/mol. The van der Waals surface area contributed by atoms with Crippen LogP contribution >= 0.6 is 11.8 Å². The van der Waals surface area contributed by atoms with Crippen LogP contribution in [0.15, 0.2) is 0 Å². The van der Waals surface area contributed by atoms with Crippen molar-refractivity contribution in [1.82, 2.24) is 42.1 Å². The minimum absolute atomic E-state index is 0.0172. The van der Waals surface area contributed by atoms with Crippen molar-refractivity contribution in [3.63, 3.8) is 0 Å².